The lowest BCUT2D eigenvalue weighted by atomic mass is 10.2. The lowest BCUT2D eigenvalue weighted by molar-refractivity contribution is 0.178. The third kappa shape index (κ3) is 4.83. The van der Waals surface area contributed by atoms with Crippen molar-refractivity contribution in [3.8, 4) is 0 Å². The van der Waals surface area contributed by atoms with Crippen molar-refractivity contribution in [1.29, 1.82) is 0 Å². The van der Waals surface area contributed by atoms with E-state index in [9.17, 15) is 0 Å². The first-order valence-electron chi connectivity index (χ1n) is 7.16. The maximum absolute atomic E-state index is 5.64. The van der Waals surface area contributed by atoms with E-state index < -0.39 is 0 Å². The van der Waals surface area contributed by atoms with Gasteiger partial charge in [0.25, 0.3) is 0 Å². The molecule has 0 radical (unpaired) electrons. The van der Waals surface area contributed by atoms with Crippen LogP contribution >= 0.6 is 0 Å². The fourth-order valence-corrected chi connectivity index (χ4v) is 2.08. The van der Waals surface area contributed by atoms with E-state index in [1.807, 2.05) is 13.3 Å². The average Bonchev–Trinajstić information content (AvgIpc) is 2.81. The number of rotatable bonds is 9. The Morgan fingerprint density at radius 1 is 1.39 bits per heavy atom. The number of furan rings is 1. The lowest BCUT2D eigenvalue weighted by Crippen LogP contribution is -2.32. The summed E-state index contributed by atoms with van der Waals surface area (Å²) in [6.45, 7) is 9.76. The van der Waals surface area contributed by atoms with Gasteiger partial charge < -0.3 is 9.73 Å². The molecule has 1 aromatic rings. The van der Waals surface area contributed by atoms with Crippen LogP contribution in [0.15, 0.2) is 16.7 Å². The Morgan fingerprint density at radius 2 is 2.17 bits per heavy atom. The number of nitrogens with zero attached hydrogens (tertiary/aromatic N) is 1. The van der Waals surface area contributed by atoms with Gasteiger partial charge in [0.15, 0.2) is 0 Å². The standard InChI is InChI=1S/C15H28N2O/c1-5-7-8-17(13(3)6-2)11-15-9-14(10-16-4)12-18-15/h9,12-13,16H,5-8,10-11H2,1-4H3. The quantitative estimate of drug-likeness (QED) is 0.730. The Hall–Kier alpha value is -0.800. The summed E-state index contributed by atoms with van der Waals surface area (Å²) in [5, 5.41) is 3.15. The number of hydrogen-bond donors (Lipinski definition) is 1. The second-order valence-corrected chi connectivity index (χ2v) is 5.03. The molecule has 1 N–H and O–H groups in total. The second kappa shape index (κ2) is 8.33. The molecule has 3 heteroatoms. The minimum Gasteiger partial charge on any atom is -0.468 e. The molecule has 0 bridgehead atoms. The van der Waals surface area contributed by atoms with Crippen LogP contribution in [0.1, 0.15) is 51.4 Å². The van der Waals surface area contributed by atoms with Gasteiger partial charge in [0.05, 0.1) is 12.8 Å². The summed E-state index contributed by atoms with van der Waals surface area (Å²) in [5.74, 6) is 1.08. The van der Waals surface area contributed by atoms with Gasteiger partial charge >= 0.3 is 0 Å². The van der Waals surface area contributed by atoms with E-state index in [0.29, 0.717) is 6.04 Å². The molecule has 1 aromatic heterocycles. The van der Waals surface area contributed by atoms with Gasteiger partial charge in [-0.05, 0) is 39.4 Å². The summed E-state index contributed by atoms with van der Waals surface area (Å²) in [5.41, 5.74) is 1.23. The molecule has 1 heterocycles. The van der Waals surface area contributed by atoms with Crippen LogP contribution in [-0.4, -0.2) is 24.5 Å². The Bertz CT molecular complexity index is 322. The maximum atomic E-state index is 5.64. The van der Waals surface area contributed by atoms with E-state index in [2.05, 4.69) is 37.1 Å². The molecule has 18 heavy (non-hydrogen) atoms. The summed E-state index contributed by atoms with van der Waals surface area (Å²) >= 11 is 0. The molecular weight excluding hydrogens is 224 g/mol. The molecule has 0 aliphatic heterocycles. The lowest BCUT2D eigenvalue weighted by Gasteiger charge is -2.27. The Balaban J connectivity index is 2.57. The van der Waals surface area contributed by atoms with Crippen LogP contribution in [-0.2, 0) is 13.1 Å². The van der Waals surface area contributed by atoms with E-state index in [1.165, 1.54) is 24.8 Å². The predicted molar refractivity (Wildman–Crippen MR) is 76.5 cm³/mol. The van der Waals surface area contributed by atoms with Crippen molar-refractivity contribution < 1.29 is 4.42 Å². The summed E-state index contributed by atoms with van der Waals surface area (Å²) in [7, 11) is 1.96. The highest BCUT2D eigenvalue weighted by Gasteiger charge is 2.14. The zero-order valence-electron chi connectivity index (χ0n) is 12.3. The van der Waals surface area contributed by atoms with Gasteiger partial charge in [-0.3, -0.25) is 4.90 Å². The molecular formula is C15H28N2O. The third-order valence-corrected chi connectivity index (χ3v) is 3.46. The molecule has 1 atom stereocenters. The van der Waals surface area contributed by atoms with Crippen molar-refractivity contribution in [3.63, 3.8) is 0 Å². The number of nitrogens with one attached hydrogen (secondary N) is 1. The molecule has 0 fully saturated rings. The Kier molecular flexibility index (Phi) is 7.06. The van der Waals surface area contributed by atoms with Gasteiger partial charge in [0, 0.05) is 18.2 Å². The fourth-order valence-electron chi connectivity index (χ4n) is 2.08. The van der Waals surface area contributed by atoms with Crippen LogP contribution in [0.25, 0.3) is 0 Å². The molecule has 3 nitrogen and oxygen atoms in total. The summed E-state index contributed by atoms with van der Waals surface area (Å²) in [6, 6.07) is 2.78. The first-order valence-corrected chi connectivity index (χ1v) is 7.16. The van der Waals surface area contributed by atoms with E-state index in [0.717, 1.165) is 25.4 Å². The predicted octanol–water partition coefficient (Wildman–Crippen LogP) is 3.40. The van der Waals surface area contributed by atoms with Crippen molar-refractivity contribution in [2.24, 2.45) is 0 Å². The minimum atomic E-state index is 0.620. The largest absolute Gasteiger partial charge is 0.468 e. The zero-order chi connectivity index (χ0) is 13.4. The summed E-state index contributed by atoms with van der Waals surface area (Å²) in [4.78, 5) is 2.52. The van der Waals surface area contributed by atoms with Gasteiger partial charge in [-0.15, -0.1) is 0 Å². The average molecular weight is 252 g/mol. The van der Waals surface area contributed by atoms with Crippen molar-refractivity contribution in [3.05, 3.63) is 23.7 Å². The highest BCUT2D eigenvalue weighted by molar-refractivity contribution is 5.12. The first kappa shape index (κ1) is 15.3. The van der Waals surface area contributed by atoms with Crippen LogP contribution in [0.4, 0.5) is 0 Å². The highest BCUT2D eigenvalue weighted by atomic mass is 16.3. The Morgan fingerprint density at radius 3 is 2.78 bits per heavy atom. The Labute approximate surface area is 112 Å². The van der Waals surface area contributed by atoms with Crippen LogP contribution in [0.3, 0.4) is 0 Å². The number of unbranched alkanes of at least 4 members (excludes halogenated alkanes) is 1. The molecule has 0 aliphatic carbocycles. The fraction of sp³-hybridized carbons (Fsp3) is 0.733. The number of hydrogen-bond acceptors (Lipinski definition) is 3. The molecule has 0 aromatic carbocycles. The van der Waals surface area contributed by atoms with Gasteiger partial charge in [0.2, 0.25) is 0 Å². The van der Waals surface area contributed by atoms with Crippen LogP contribution in [0, 0.1) is 0 Å². The molecule has 0 aliphatic rings. The zero-order valence-corrected chi connectivity index (χ0v) is 12.3. The van der Waals surface area contributed by atoms with Crippen LogP contribution < -0.4 is 5.32 Å². The van der Waals surface area contributed by atoms with Crippen LogP contribution in [0.2, 0.25) is 0 Å². The molecule has 0 saturated carbocycles. The topological polar surface area (TPSA) is 28.4 Å². The molecule has 104 valence electrons. The third-order valence-electron chi connectivity index (χ3n) is 3.46. The van der Waals surface area contributed by atoms with Crippen molar-refractivity contribution in [2.45, 2.75) is 59.2 Å². The van der Waals surface area contributed by atoms with Gasteiger partial charge in [-0.1, -0.05) is 20.3 Å². The van der Waals surface area contributed by atoms with Crippen molar-refractivity contribution in [2.75, 3.05) is 13.6 Å². The minimum absolute atomic E-state index is 0.620. The monoisotopic (exact) mass is 252 g/mol. The van der Waals surface area contributed by atoms with Gasteiger partial charge in [-0.2, -0.15) is 0 Å². The van der Waals surface area contributed by atoms with E-state index >= 15 is 0 Å². The van der Waals surface area contributed by atoms with Crippen molar-refractivity contribution in [1.82, 2.24) is 10.2 Å². The molecule has 0 spiro atoms. The van der Waals surface area contributed by atoms with E-state index in [-0.39, 0.29) is 0 Å². The molecule has 0 amide bonds. The summed E-state index contributed by atoms with van der Waals surface area (Å²) in [6.07, 6.45) is 5.55. The van der Waals surface area contributed by atoms with E-state index in [4.69, 9.17) is 4.42 Å². The highest BCUT2D eigenvalue weighted by Crippen LogP contribution is 2.14. The smallest absolute Gasteiger partial charge is 0.118 e. The first-order chi connectivity index (χ1) is 8.71. The van der Waals surface area contributed by atoms with Gasteiger partial charge in [-0.25, -0.2) is 0 Å². The van der Waals surface area contributed by atoms with E-state index in [1.54, 1.807) is 0 Å². The second-order valence-electron chi connectivity index (χ2n) is 5.03. The van der Waals surface area contributed by atoms with Crippen molar-refractivity contribution >= 4 is 0 Å². The molecule has 1 rings (SSSR count). The molecule has 1 unspecified atom stereocenters. The molecule has 0 saturated heterocycles. The maximum Gasteiger partial charge on any atom is 0.118 e. The van der Waals surface area contributed by atoms with Crippen LogP contribution in [0.5, 0.6) is 0 Å². The summed E-state index contributed by atoms with van der Waals surface area (Å²) < 4.78 is 5.64. The normalized spacial score (nSPS) is 13.2. The SMILES string of the molecule is CCCCN(Cc1cc(CNC)co1)C(C)CC. The van der Waals surface area contributed by atoms with Gasteiger partial charge in [0.1, 0.15) is 5.76 Å².